The fraction of sp³-hybridized carbons (Fsp3) is 0.484. The first-order valence-electron chi connectivity index (χ1n) is 13.0. The Hall–Kier alpha value is -1.64. The molecule has 1 nitrogen and oxygen atoms in total. The lowest BCUT2D eigenvalue weighted by atomic mass is 9.90. The molecule has 0 fully saturated rings. The summed E-state index contributed by atoms with van der Waals surface area (Å²) in [5.74, 6) is 0. The zero-order valence-corrected chi connectivity index (χ0v) is 22.6. The first kappa shape index (κ1) is 26.0. The summed E-state index contributed by atoms with van der Waals surface area (Å²) in [6.45, 7) is 1.31. The minimum atomic E-state index is 0. The van der Waals surface area contributed by atoms with Crippen molar-refractivity contribution in [2.24, 2.45) is 0 Å². The van der Waals surface area contributed by atoms with E-state index in [1.807, 2.05) is 0 Å². The van der Waals surface area contributed by atoms with Crippen LogP contribution in [0.5, 0.6) is 0 Å². The number of hydrogen-bond acceptors (Lipinski definition) is 0. The summed E-state index contributed by atoms with van der Waals surface area (Å²) >= 11 is 0. The second kappa shape index (κ2) is 12.2. The van der Waals surface area contributed by atoms with E-state index in [0.29, 0.717) is 0 Å². The number of hydrogen-bond donors (Lipinski definition) is 0. The van der Waals surface area contributed by atoms with Gasteiger partial charge in [0.15, 0.2) is 0 Å². The van der Waals surface area contributed by atoms with Crippen LogP contribution in [0.15, 0.2) is 54.6 Å². The van der Waals surface area contributed by atoms with Crippen molar-refractivity contribution in [2.45, 2.75) is 70.6 Å². The topological polar surface area (TPSA) is 0 Å². The van der Waals surface area contributed by atoms with Gasteiger partial charge in [0.2, 0.25) is 0 Å². The van der Waals surface area contributed by atoms with Crippen molar-refractivity contribution < 1.29 is 21.5 Å². The van der Waals surface area contributed by atoms with Gasteiger partial charge in [0.25, 0.3) is 0 Å². The number of aryl methyl sites for hydroxylation is 1. The van der Waals surface area contributed by atoms with E-state index in [-0.39, 0.29) is 17.0 Å². The van der Waals surface area contributed by atoms with E-state index in [4.69, 9.17) is 0 Å². The largest absolute Gasteiger partial charge is 1.00 e. The fourth-order valence-corrected chi connectivity index (χ4v) is 5.33. The molecule has 0 aliphatic heterocycles. The highest BCUT2D eigenvalue weighted by atomic mass is 79.9. The van der Waals surface area contributed by atoms with Gasteiger partial charge in [0.1, 0.15) is 0 Å². The summed E-state index contributed by atoms with van der Waals surface area (Å²) in [6, 6.07) is 20.6. The van der Waals surface area contributed by atoms with Gasteiger partial charge in [0, 0.05) is 0 Å². The molecule has 0 spiro atoms. The van der Waals surface area contributed by atoms with Gasteiger partial charge in [-0.2, -0.15) is 0 Å². The molecule has 4 rings (SSSR count). The van der Waals surface area contributed by atoms with Gasteiger partial charge >= 0.3 is 0 Å². The van der Waals surface area contributed by atoms with Gasteiger partial charge in [-0.15, -0.1) is 0 Å². The Labute approximate surface area is 211 Å². The van der Waals surface area contributed by atoms with E-state index >= 15 is 0 Å². The molecule has 4 aromatic carbocycles. The molecule has 0 amide bonds. The lowest BCUT2D eigenvalue weighted by molar-refractivity contribution is -0.870. The number of unbranched alkanes of at least 4 members (excludes halogenated alkanes) is 9. The Morgan fingerprint density at radius 3 is 1.61 bits per heavy atom. The molecule has 0 aromatic heterocycles. The van der Waals surface area contributed by atoms with Crippen LogP contribution in [0.25, 0.3) is 32.3 Å². The van der Waals surface area contributed by atoms with Crippen LogP contribution in [-0.4, -0.2) is 32.2 Å². The average Bonchev–Trinajstić information content (AvgIpc) is 2.78. The van der Waals surface area contributed by atoms with Crippen molar-refractivity contribution in [3.8, 4) is 0 Å². The molecule has 0 aliphatic rings. The standard InChI is InChI=1S/C31H42N.BrH/c1-32(2,3)24-13-11-9-7-5-4-6-8-10-12-15-25-18-19-28-21-20-26-16-14-17-27-22-23-29(25)31(28)30(26)27;/h14,16-23H,4-13,15,24H2,1-3H3;1H/q+1;/p-1. The molecule has 4 aromatic rings. The van der Waals surface area contributed by atoms with Crippen LogP contribution < -0.4 is 17.0 Å². The second-order valence-corrected chi connectivity index (χ2v) is 10.9. The summed E-state index contributed by atoms with van der Waals surface area (Å²) in [4.78, 5) is 0. The molecule has 0 saturated carbocycles. The molecule has 0 heterocycles. The maximum atomic E-state index is 2.38. The first-order chi connectivity index (χ1) is 15.5. The lowest BCUT2D eigenvalue weighted by Crippen LogP contribution is -3.00. The molecule has 178 valence electrons. The van der Waals surface area contributed by atoms with Crippen molar-refractivity contribution in [3.05, 3.63) is 60.2 Å². The first-order valence-corrected chi connectivity index (χ1v) is 13.0. The Kier molecular flexibility index (Phi) is 9.58. The summed E-state index contributed by atoms with van der Waals surface area (Å²) in [6.07, 6.45) is 15.2. The zero-order chi connectivity index (χ0) is 22.4. The molecular weight excluding hydrogens is 466 g/mol. The number of quaternary nitrogens is 1. The third-order valence-corrected chi connectivity index (χ3v) is 7.14. The quantitative estimate of drug-likeness (QED) is 0.123. The highest BCUT2D eigenvalue weighted by molar-refractivity contribution is 6.23. The van der Waals surface area contributed by atoms with Crippen LogP contribution in [0.3, 0.4) is 0 Å². The van der Waals surface area contributed by atoms with Gasteiger partial charge in [-0.05, 0) is 63.6 Å². The molecule has 0 atom stereocenters. The molecule has 2 heteroatoms. The molecule has 0 bridgehead atoms. The highest BCUT2D eigenvalue weighted by Crippen LogP contribution is 2.36. The van der Waals surface area contributed by atoms with Crippen molar-refractivity contribution in [2.75, 3.05) is 27.7 Å². The molecule has 33 heavy (non-hydrogen) atoms. The van der Waals surface area contributed by atoms with Crippen molar-refractivity contribution in [3.63, 3.8) is 0 Å². The Morgan fingerprint density at radius 2 is 1.00 bits per heavy atom. The van der Waals surface area contributed by atoms with Crippen molar-refractivity contribution in [1.29, 1.82) is 0 Å². The maximum absolute atomic E-state index is 2.38. The van der Waals surface area contributed by atoms with E-state index in [1.165, 1.54) is 115 Å². The SMILES string of the molecule is C[N+](C)(C)CCCCCCCCCCCCc1ccc2ccc3cccc4ccc1c2c34.[Br-]. The van der Waals surface area contributed by atoms with Crippen LogP contribution in [0.2, 0.25) is 0 Å². The predicted molar refractivity (Wildman–Crippen MR) is 143 cm³/mol. The Balaban J connectivity index is 0.00000306. The van der Waals surface area contributed by atoms with E-state index in [0.717, 1.165) is 4.48 Å². The molecule has 0 unspecified atom stereocenters. The number of halogens is 1. The zero-order valence-electron chi connectivity index (χ0n) is 21.0. The molecular formula is C31H42BrN. The van der Waals surface area contributed by atoms with Crippen LogP contribution >= 0.6 is 0 Å². The van der Waals surface area contributed by atoms with Crippen LogP contribution in [0.4, 0.5) is 0 Å². The van der Waals surface area contributed by atoms with E-state index in [9.17, 15) is 0 Å². The normalized spacial score (nSPS) is 12.1. The molecule has 0 N–H and O–H groups in total. The summed E-state index contributed by atoms with van der Waals surface area (Å²) < 4.78 is 1.11. The minimum Gasteiger partial charge on any atom is -1.00 e. The smallest absolute Gasteiger partial charge is 0.0780 e. The van der Waals surface area contributed by atoms with Gasteiger partial charge in [-0.25, -0.2) is 0 Å². The summed E-state index contributed by atoms with van der Waals surface area (Å²) in [5, 5.41) is 8.50. The van der Waals surface area contributed by atoms with E-state index in [1.54, 1.807) is 0 Å². The second-order valence-electron chi connectivity index (χ2n) is 10.9. The van der Waals surface area contributed by atoms with Gasteiger partial charge in [-0.3, -0.25) is 0 Å². The van der Waals surface area contributed by atoms with Gasteiger partial charge in [-0.1, -0.05) is 99.5 Å². The van der Waals surface area contributed by atoms with Gasteiger partial charge < -0.3 is 21.5 Å². The van der Waals surface area contributed by atoms with Crippen molar-refractivity contribution in [1.82, 2.24) is 0 Å². The van der Waals surface area contributed by atoms with Crippen LogP contribution in [-0.2, 0) is 6.42 Å². The average molecular weight is 509 g/mol. The van der Waals surface area contributed by atoms with Crippen molar-refractivity contribution >= 4 is 32.3 Å². The number of benzene rings is 4. The predicted octanol–water partition coefficient (Wildman–Crippen LogP) is 5.74. The lowest BCUT2D eigenvalue weighted by Gasteiger charge is -2.23. The molecule has 0 saturated heterocycles. The third-order valence-electron chi connectivity index (χ3n) is 7.14. The Bertz CT molecular complexity index is 1110. The number of nitrogens with zero attached hydrogens (tertiary/aromatic N) is 1. The van der Waals surface area contributed by atoms with Crippen LogP contribution in [0, 0.1) is 0 Å². The third kappa shape index (κ3) is 6.93. The monoisotopic (exact) mass is 507 g/mol. The summed E-state index contributed by atoms with van der Waals surface area (Å²) in [5.41, 5.74) is 1.53. The van der Waals surface area contributed by atoms with Gasteiger partial charge in [0.05, 0.1) is 27.7 Å². The summed E-state index contributed by atoms with van der Waals surface area (Å²) in [7, 11) is 6.89. The van der Waals surface area contributed by atoms with Crippen LogP contribution in [0.1, 0.15) is 69.8 Å². The molecule has 0 radical (unpaired) electrons. The highest BCUT2D eigenvalue weighted by Gasteiger charge is 2.10. The van der Waals surface area contributed by atoms with E-state index in [2.05, 4.69) is 75.7 Å². The Morgan fingerprint density at radius 1 is 0.515 bits per heavy atom. The fourth-order valence-electron chi connectivity index (χ4n) is 5.33. The molecule has 0 aliphatic carbocycles. The minimum absolute atomic E-state index is 0. The van der Waals surface area contributed by atoms with E-state index < -0.39 is 0 Å². The number of rotatable bonds is 13. The maximum Gasteiger partial charge on any atom is 0.0780 e.